The molecule has 2 fully saturated rings. The van der Waals surface area contributed by atoms with Crippen molar-refractivity contribution in [2.75, 3.05) is 20.3 Å². The molecule has 0 spiro atoms. The average Bonchev–Trinajstić information content (AvgIpc) is 2.63. The van der Waals surface area contributed by atoms with Crippen molar-refractivity contribution in [2.24, 2.45) is 0 Å². The molecule has 0 aromatic carbocycles. The molecule has 2 unspecified atom stereocenters. The summed E-state index contributed by atoms with van der Waals surface area (Å²) in [6.07, 6.45) is -5.20. The molecule has 2 saturated heterocycles. The first kappa shape index (κ1) is 14.4. The second-order valence-corrected chi connectivity index (χ2v) is 4.50. The molecule has 2 aliphatic rings. The largest absolute Gasteiger partial charge is 0.394 e. The fourth-order valence-electron chi connectivity index (χ4n) is 2.27. The van der Waals surface area contributed by atoms with Crippen LogP contribution in [0.15, 0.2) is 0 Å². The molecular formula is C10H17FN2O6. The molecule has 0 saturated carbocycles. The Morgan fingerprint density at radius 3 is 2.84 bits per heavy atom. The number of aliphatic hydroxyl groups is 3. The van der Waals surface area contributed by atoms with Gasteiger partial charge in [0.1, 0.15) is 18.4 Å². The lowest BCUT2D eigenvalue weighted by Crippen LogP contribution is -2.61. The van der Waals surface area contributed by atoms with Crippen LogP contribution in [0.5, 0.6) is 0 Å². The molecule has 2 aliphatic heterocycles. The number of amides is 2. The van der Waals surface area contributed by atoms with Gasteiger partial charge in [0.15, 0.2) is 6.23 Å². The normalized spacial score (nSPS) is 43.4. The maximum atomic E-state index is 14.6. The number of ether oxygens (including phenoxy) is 2. The van der Waals surface area contributed by atoms with Gasteiger partial charge in [-0.1, -0.05) is 0 Å². The number of nitrogens with zero attached hydrogens (tertiary/aromatic N) is 1. The second kappa shape index (κ2) is 5.17. The maximum absolute atomic E-state index is 14.6. The van der Waals surface area contributed by atoms with Crippen molar-refractivity contribution in [2.45, 2.75) is 36.9 Å². The quantitative estimate of drug-likeness (QED) is 0.481. The van der Waals surface area contributed by atoms with Gasteiger partial charge >= 0.3 is 6.03 Å². The minimum Gasteiger partial charge on any atom is -0.394 e. The molecule has 2 rings (SSSR count). The van der Waals surface area contributed by atoms with Crippen LogP contribution in [0, 0.1) is 0 Å². The van der Waals surface area contributed by atoms with Gasteiger partial charge in [-0.15, -0.1) is 0 Å². The molecule has 2 amide bonds. The summed E-state index contributed by atoms with van der Waals surface area (Å²) in [6, 6.07) is -0.728. The fourth-order valence-corrected chi connectivity index (χ4v) is 2.27. The lowest BCUT2D eigenvalue weighted by atomic mass is 10.1. The number of halogens is 1. The van der Waals surface area contributed by atoms with Crippen molar-refractivity contribution in [3.8, 4) is 0 Å². The first-order valence-electron chi connectivity index (χ1n) is 5.87. The number of urea groups is 1. The highest BCUT2D eigenvalue weighted by Crippen LogP contribution is 2.37. The van der Waals surface area contributed by atoms with Crippen molar-refractivity contribution >= 4 is 6.03 Å². The van der Waals surface area contributed by atoms with E-state index >= 15 is 0 Å². The van der Waals surface area contributed by atoms with Gasteiger partial charge < -0.3 is 30.1 Å². The Bertz CT molecular complexity index is 359. The molecule has 110 valence electrons. The summed E-state index contributed by atoms with van der Waals surface area (Å²) in [5.41, 5.74) is 0. The van der Waals surface area contributed by atoms with Crippen LogP contribution in [0.3, 0.4) is 0 Å². The topological polar surface area (TPSA) is 111 Å². The summed E-state index contributed by atoms with van der Waals surface area (Å²) in [7, 11) is 1.04. The third-order valence-corrected chi connectivity index (χ3v) is 3.37. The third-order valence-electron chi connectivity index (χ3n) is 3.37. The third kappa shape index (κ3) is 2.28. The molecule has 0 bridgehead atoms. The van der Waals surface area contributed by atoms with E-state index in [1.807, 2.05) is 0 Å². The number of carbonyl (C=O) groups excluding carboxylic acids is 1. The highest BCUT2D eigenvalue weighted by molar-refractivity contribution is 5.75. The molecule has 0 radical (unpaired) electrons. The van der Waals surface area contributed by atoms with Crippen LogP contribution in [0.1, 0.15) is 6.42 Å². The van der Waals surface area contributed by atoms with Gasteiger partial charge in [-0.05, 0) is 0 Å². The molecular weight excluding hydrogens is 263 g/mol. The van der Waals surface area contributed by atoms with Crippen molar-refractivity contribution in [1.29, 1.82) is 0 Å². The maximum Gasteiger partial charge on any atom is 0.321 e. The first-order chi connectivity index (χ1) is 8.93. The molecule has 9 heteroatoms. The minimum atomic E-state index is -2.63. The second-order valence-electron chi connectivity index (χ2n) is 4.50. The Labute approximate surface area is 108 Å². The Balaban J connectivity index is 2.20. The lowest BCUT2D eigenvalue weighted by Gasteiger charge is -2.38. The Kier molecular flexibility index (Phi) is 3.92. The number of hydrogen-bond donors (Lipinski definition) is 4. The zero-order chi connectivity index (χ0) is 14.2. The van der Waals surface area contributed by atoms with Crippen LogP contribution < -0.4 is 5.32 Å². The Morgan fingerprint density at radius 1 is 1.63 bits per heavy atom. The van der Waals surface area contributed by atoms with Crippen LogP contribution in [0.2, 0.25) is 0 Å². The van der Waals surface area contributed by atoms with Gasteiger partial charge in [-0.3, -0.25) is 4.90 Å². The van der Waals surface area contributed by atoms with E-state index in [0.29, 0.717) is 0 Å². The predicted molar refractivity (Wildman–Crippen MR) is 58.5 cm³/mol. The summed E-state index contributed by atoms with van der Waals surface area (Å²) in [6.45, 7) is -0.567. The van der Waals surface area contributed by atoms with E-state index in [9.17, 15) is 19.4 Å². The van der Waals surface area contributed by atoms with E-state index in [4.69, 9.17) is 9.84 Å². The zero-order valence-electron chi connectivity index (χ0n) is 10.3. The Morgan fingerprint density at radius 2 is 2.32 bits per heavy atom. The summed E-state index contributed by atoms with van der Waals surface area (Å²) >= 11 is 0. The predicted octanol–water partition coefficient (Wildman–Crippen LogP) is -1.89. The smallest absolute Gasteiger partial charge is 0.321 e. The lowest BCUT2D eigenvalue weighted by molar-refractivity contribution is -0.224. The van der Waals surface area contributed by atoms with Crippen molar-refractivity contribution in [3.63, 3.8) is 0 Å². The molecule has 2 heterocycles. The highest BCUT2D eigenvalue weighted by atomic mass is 19.2. The number of carbonyl (C=O) groups is 1. The SMILES string of the molecule is CO[C@]1(F)C(N2CCC(O)NC2=O)O[C@H](CO)[C@H]1O. The van der Waals surface area contributed by atoms with Crippen LogP contribution in [-0.2, 0) is 9.47 Å². The molecule has 5 atom stereocenters. The summed E-state index contributed by atoms with van der Waals surface area (Å²) in [4.78, 5) is 12.7. The minimum absolute atomic E-state index is 0.0393. The highest BCUT2D eigenvalue weighted by Gasteiger charge is 2.61. The van der Waals surface area contributed by atoms with Crippen molar-refractivity contribution < 1.29 is 34.0 Å². The number of nitrogens with one attached hydrogen (secondary N) is 1. The molecule has 19 heavy (non-hydrogen) atoms. The fraction of sp³-hybridized carbons (Fsp3) is 0.900. The van der Waals surface area contributed by atoms with Gasteiger partial charge in [0.05, 0.1) is 6.61 Å². The van der Waals surface area contributed by atoms with Crippen LogP contribution in [0.25, 0.3) is 0 Å². The molecule has 8 nitrogen and oxygen atoms in total. The molecule has 0 aromatic rings. The monoisotopic (exact) mass is 280 g/mol. The summed E-state index contributed by atoms with van der Waals surface area (Å²) in [5, 5.41) is 30.3. The van der Waals surface area contributed by atoms with Gasteiger partial charge in [0.2, 0.25) is 0 Å². The number of methoxy groups -OCH3 is 1. The first-order valence-corrected chi connectivity index (χ1v) is 5.87. The average molecular weight is 280 g/mol. The molecule has 0 aromatic heterocycles. The van der Waals surface area contributed by atoms with Crippen molar-refractivity contribution in [3.05, 3.63) is 0 Å². The van der Waals surface area contributed by atoms with E-state index in [0.717, 1.165) is 12.0 Å². The van der Waals surface area contributed by atoms with Crippen molar-refractivity contribution in [1.82, 2.24) is 10.2 Å². The van der Waals surface area contributed by atoms with Crippen LogP contribution >= 0.6 is 0 Å². The standard InChI is InChI=1S/C10H17FN2O6/c1-18-10(11)7(16)5(4-14)19-8(10)13-3-2-6(15)12-9(13)17/h5-8,14-16H,2-4H2,1H3,(H,12,17)/t5-,6?,7-,8?,10+/m1/s1. The number of hydrogen-bond acceptors (Lipinski definition) is 6. The van der Waals surface area contributed by atoms with E-state index in [1.54, 1.807) is 0 Å². The van der Waals surface area contributed by atoms with Gasteiger partial charge in [0.25, 0.3) is 5.85 Å². The number of rotatable bonds is 3. The van der Waals surface area contributed by atoms with Crippen LogP contribution in [-0.4, -0.2) is 77.0 Å². The summed E-state index contributed by atoms with van der Waals surface area (Å²) in [5.74, 6) is -2.63. The Hall–Kier alpha value is -1.00. The van der Waals surface area contributed by atoms with Gasteiger partial charge in [-0.2, -0.15) is 0 Å². The van der Waals surface area contributed by atoms with Gasteiger partial charge in [0, 0.05) is 20.1 Å². The van der Waals surface area contributed by atoms with E-state index in [1.165, 1.54) is 0 Å². The molecule has 0 aliphatic carbocycles. The van der Waals surface area contributed by atoms with Crippen LogP contribution in [0.4, 0.5) is 9.18 Å². The number of alkyl halides is 1. The zero-order valence-corrected chi connectivity index (χ0v) is 10.3. The summed E-state index contributed by atoms with van der Waals surface area (Å²) < 4.78 is 24.4. The van der Waals surface area contributed by atoms with E-state index in [2.05, 4.69) is 10.1 Å². The van der Waals surface area contributed by atoms with E-state index in [-0.39, 0.29) is 13.0 Å². The molecule has 4 N–H and O–H groups in total. The van der Waals surface area contributed by atoms with E-state index < -0.39 is 43.2 Å². The number of aliphatic hydroxyl groups excluding tert-OH is 3. The van der Waals surface area contributed by atoms with Gasteiger partial charge in [-0.25, -0.2) is 9.18 Å².